The molecule has 33 heavy (non-hydrogen) atoms. The minimum atomic E-state index is -0.360. The largest absolute Gasteiger partial charge is 0.382 e. The number of H-pyrrole nitrogens is 1. The second kappa shape index (κ2) is 7.96. The van der Waals surface area contributed by atoms with Gasteiger partial charge in [-0.25, -0.2) is 4.98 Å². The van der Waals surface area contributed by atoms with Crippen LogP contribution in [0.5, 0.6) is 0 Å². The molecule has 1 fully saturated rings. The third-order valence-electron chi connectivity index (χ3n) is 6.87. The Morgan fingerprint density at radius 3 is 2.88 bits per heavy atom. The van der Waals surface area contributed by atoms with Crippen molar-refractivity contribution in [3.63, 3.8) is 0 Å². The van der Waals surface area contributed by atoms with E-state index in [2.05, 4.69) is 74.7 Å². The average molecular weight is 438 g/mol. The van der Waals surface area contributed by atoms with Crippen molar-refractivity contribution in [2.75, 3.05) is 5.32 Å². The molecule has 2 unspecified atom stereocenters. The van der Waals surface area contributed by atoms with E-state index in [0.717, 1.165) is 52.2 Å². The van der Waals surface area contributed by atoms with Crippen LogP contribution in [-0.4, -0.2) is 26.9 Å². The van der Waals surface area contributed by atoms with Crippen LogP contribution in [-0.2, 0) is 11.2 Å². The monoisotopic (exact) mass is 437 g/mol. The molecule has 0 bridgehead atoms. The van der Waals surface area contributed by atoms with Gasteiger partial charge in [0.05, 0.1) is 5.69 Å². The van der Waals surface area contributed by atoms with Crippen LogP contribution in [0.3, 0.4) is 0 Å². The first-order valence-electron chi connectivity index (χ1n) is 11.6. The van der Waals surface area contributed by atoms with Crippen molar-refractivity contribution >= 4 is 28.7 Å². The highest BCUT2D eigenvalue weighted by atomic mass is 16.1. The number of aromatic nitrogens is 3. The SMILES string of the molecule is CC(Nc1ccc(CC2=CNC(C=O)c3cc(-c4c[nH]c5ncccc45)cn32)cc1)C1CC1. The molecule has 3 aromatic heterocycles. The van der Waals surface area contributed by atoms with Crippen LogP contribution >= 0.6 is 0 Å². The van der Waals surface area contributed by atoms with E-state index in [1.54, 1.807) is 6.20 Å². The van der Waals surface area contributed by atoms with E-state index in [0.29, 0.717) is 6.04 Å². The Morgan fingerprint density at radius 1 is 1.24 bits per heavy atom. The fourth-order valence-electron chi connectivity index (χ4n) is 4.80. The smallest absolute Gasteiger partial charge is 0.148 e. The van der Waals surface area contributed by atoms with Crippen LogP contribution in [0.1, 0.15) is 37.1 Å². The average Bonchev–Trinajstić information content (AvgIpc) is 3.46. The lowest BCUT2D eigenvalue weighted by Gasteiger charge is -2.23. The van der Waals surface area contributed by atoms with Gasteiger partial charge in [0.2, 0.25) is 0 Å². The molecule has 2 atom stereocenters. The zero-order chi connectivity index (χ0) is 22.4. The van der Waals surface area contributed by atoms with Gasteiger partial charge in [0.25, 0.3) is 0 Å². The van der Waals surface area contributed by atoms with Gasteiger partial charge in [-0.15, -0.1) is 0 Å². The van der Waals surface area contributed by atoms with Crippen molar-refractivity contribution in [1.82, 2.24) is 19.9 Å². The molecule has 166 valence electrons. The van der Waals surface area contributed by atoms with Gasteiger partial charge >= 0.3 is 0 Å². The van der Waals surface area contributed by atoms with Gasteiger partial charge in [-0.3, -0.25) is 0 Å². The Hall–Kier alpha value is -3.80. The summed E-state index contributed by atoms with van der Waals surface area (Å²) in [7, 11) is 0. The number of carbonyl (C=O) groups is 1. The summed E-state index contributed by atoms with van der Waals surface area (Å²) in [5, 5.41) is 7.96. The molecule has 0 radical (unpaired) electrons. The van der Waals surface area contributed by atoms with E-state index in [-0.39, 0.29) is 6.04 Å². The van der Waals surface area contributed by atoms with Crippen LogP contribution in [0, 0.1) is 5.92 Å². The number of rotatable bonds is 7. The number of nitrogens with zero attached hydrogens (tertiary/aromatic N) is 2. The lowest BCUT2D eigenvalue weighted by atomic mass is 10.1. The molecule has 1 aliphatic heterocycles. The molecule has 0 spiro atoms. The summed E-state index contributed by atoms with van der Waals surface area (Å²) in [6.45, 7) is 2.27. The van der Waals surface area contributed by atoms with Gasteiger partial charge in [-0.1, -0.05) is 12.1 Å². The summed E-state index contributed by atoms with van der Waals surface area (Å²) in [6, 6.07) is 15.0. The molecule has 4 heterocycles. The molecule has 3 N–H and O–H groups in total. The summed E-state index contributed by atoms with van der Waals surface area (Å²) in [4.78, 5) is 19.4. The molecule has 6 nitrogen and oxygen atoms in total. The molecule has 0 amide bonds. The van der Waals surface area contributed by atoms with Crippen LogP contribution < -0.4 is 10.6 Å². The lowest BCUT2D eigenvalue weighted by molar-refractivity contribution is -0.109. The maximum absolute atomic E-state index is 11.7. The molecular formula is C27H27N5O. The minimum absolute atomic E-state index is 0.360. The van der Waals surface area contributed by atoms with E-state index < -0.39 is 0 Å². The van der Waals surface area contributed by atoms with Crippen LogP contribution in [0.2, 0.25) is 0 Å². The maximum Gasteiger partial charge on any atom is 0.148 e. The molecule has 1 saturated carbocycles. The number of hydrogen-bond donors (Lipinski definition) is 3. The van der Waals surface area contributed by atoms with E-state index in [9.17, 15) is 4.79 Å². The molecule has 1 aliphatic carbocycles. The molecular weight excluding hydrogens is 410 g/mol. The summed E-state index contributed by atoms with van der Waals surface area (Å²) in [5.74, 6) is 0.822. The zero-order valence-corrected chi connectivity index (χ0v) is 18.6. The summed E-state index contributed by atoms with van der Waals surface area (Å²) >= 11 is 0. The van der Waals surface area contributed by atoms with E-state index in [1.807, 2.05) is 18.5 Å². The highest BCUT2D eigenvalue weighted by Crippen LogP contribution is 2.35. The van der Waals surface area contributed by atoms with Crippen molar-refractivity contribution in [2.45, 2.75) is 38.3 Å². The van der Waals surface area contributed by atoms with Crippen molar-refractivity contribution in [3.05, 3.63) is 78.5 Å². The number of aldehydes is 1. The van der Waals surface area contributed by atoms with Crippen molar-refractivity contribution < 1.29 is 4.79 Å². The maximum atomic E-state index is 11.7. The van der Waals surface area contributed by atoms with Gasteiger partial charge in [-0.2, -0.15) is 0 Å². The van der Waals surface area contributed by atoms with Gasteiger partial charge in [-0.05, 0) is 61.6 Å². The first-order valence-corrected chi connectivity index (χ1v) is 11.6. The third-order valence-corrected chi connectivity index (χ3v) is 6.87. The normalized spacial score (nSPS) is 18.3. The van der Waals surface area contributed by atoms with Crippen molar-refractivity contribution in [1.29, 1.82) is 0 Å². The van der Waals surface area contributed by atoms with E-state index >= 15 is 0 Å². The number of pyridine rings is 1. The zero-order valence-electron chi connectivity index (χ0n) is 18.6. The Labute approximate surface area is 192 Å². The second-order valence-corrected chi connectivity index (χ2v) is 9.19. The van der Waals surface area contributed by atoms with Crippen LogP contribution in [0.4, 0.5) is 5.69 Å². The Morgan fingerprint density at radius 2 is 2.09 bits per heavy atom. The molecule has 1 aromatic carbocycles. The number of benzene rings is 1. The first-order chi connectivity index (χ1) is 16.2. The van der Waals surface area contributed by atoms with Crippen molar-refractivity contribution in [3.8, 4) is 11.1 Å². The number of anilines is 1. The van der Waals surface area contributed by atoms with Crippen LogP contribution in [0.15, 0.2) is 67.3 Å². The number of carbonyl (C=O) groups excluding carboxylic acids is 1. The number of nitrogens with one attached hydrogen (secondary N) is 3. The van der Waals surface area contributed by atoms with Crippen molar-refractivity contribution in [2.24, 2.45) is 5.92 Å². The summed E-state index contributed by atoms with van der Waals surface area (Å²) in [6.07, 6.45) is 12.3. The fraction of sp³-hybridized carbons (Fsp3) is 0.259. The molecule has 2 aliphatic rings. The summed E-state index contributed by atoms with van der Waals surface area (Å²) in [5.41, 5.74) is 7.49. The highest BCUT2D eigenvalue weighted by molar-refractivity contribution is 5.94. The summed E-state index contributed by atoms with van der Waals surface area (Å²) < 4.78 is 2.15. The van der Waals surface area contributed by atoms with Gasteiger partial charge < -0.3 is 25.0 Å². The third kappa shape index (κ3) is 3.71. The highest BCUT2D eigenvalue weighted by Gasteiger charge is 2.27. The molecule has 6 heteroatoms. The molecule has 0 saturated heterocycles. The second-order valence-electron chi connectivity index (χ2n) is 9.19. The molecule has 4 aromatic rings. The number of aromatic amines is 1. The minimum Gasteiger partial charge on any atom is -0.382 e. The van der Waals surface area contributed by atoms with Gasteiger partial charge in [0, 0.05) is 65.2 Å². The Bertz CT molecular complexity index is 1340. The first kappa shape index (κ1) is 19.9. The predicted octanol–water partition coefficient (Wildman–Crippen LogP) is 5.13. The predicted molar refractivity (Wildman–Crippen MR) is 132 cm³/mol. The lowest BCUT2D eigenvalue weighted by Crippen LogP contribution is -2.26. The van der Waals surface area contributed by atoms with E-state index in [1.165, 1.54) is 24.1 Å². The topological polar surface area (TPSA) is 74.7 Å². The number of fused-ring (bicyclic) bond motifs is 2. The Balaban J connectivity index is 1.28. The number of hydrogen-bond acceptors (Lipinski definition) is 4. The van der Waals surface area contributed by atoms with Crippen LogP contribution in [0.25, 0.3) is 27.9 Å². The standard InChI is InChI=1S/C27H27N5O/c1-17(19-6-7-19)31-21-8-4-18(5-9-21)11-22-13-29-25(16-33)26-12-20(15-32(22)26)24-14-30-27-23(24)3-2-10-28-27/h2-5,8-10,12-17,19,25,29,31H,6-7,11H2,1H3,(H,28,30). The fourth-order valence-corrected chi connectivity index (χ4v) is 4.80. The van der Waals surface area contributed by atoms with Gasteiger partial charge in [0.15, 0.2) is 0 Å². The molecule has 6 rings (SSSR count). The van der Waals surface area contributed by atoms with Gasteiger partial charge in [0.1, 0.15) is 18.0 Å². The van der Waals surface area contributed by atoms with E-state index in [4.69, 9.17) is 0 Å². The quantitative estimate of drug-likeness (QED) is 0.351. The number of allylic oxidation sites excluding steroid dienone is 1. The Kier molecular flexibility index (Phi) is 4.79.